The highest BCUT2D eigenvalue weighted by Crippen LogP contribution is 2.33. The zero-order valence-corrected chi connectivity index (χ0v) is 20.9. The normalized spacial score (nSPS) is 13.8. The van der Waals surface area contributed by atoms with Crippen molar-refractivity contribution in [2.75, 3.05) is 54.1 Å². The fourth-order valence-electron chi connectivity index (χ4n) is 4.74. The lowest BCUT2D eigenvalue weighted by Gasteiger charge is -2.30. The second-order valence-corrected chi connectivity index (χ2v) is 9.22. The summed E-state index contributed by atoms with van der Waals surface area (Å²) in [6.07, 6.45) is 4.49. The van der Waals surface area contributed by atoms with Crippen molar-refractivity contribution in [2.45, 2.75) is 32.2 Å². The molecule has 0 radical (unpaired) electrons. The number of fused-ring (bicyclic) bond motifs is 2. The quantitative estimate of drug-likeness (QED) is 0.337. The molecule has 0 saturated heterocycles. The molecular weight excluding hydrogens is 424 g/mol. The Morgan fingerprint density at radius 3 is 2.35 bits per heavy atom. The molecule has 0 atom stereocenters. The Bertz CT molecular complexity index is 1070. The standard InChI is InChI=1S/C29H38N2O3/c1-30(14-6-7-18-34-27-12-11-23-9-4-5-10-24(23)19-27)15-8-16-31-17-13-25-20-28(32-2)29(33-3)21-26(25)22-31/h4-5,9-12,19-21H,6-8,13-18,22H2,1-3H3. The molecule has 4 rings (SSSR count). The van der Waals surface area contributed by atoms with E-state index in [1.807, 2.05) is 0 Å². The second kappa shape index (κ2) is 12.1. The molecule has 0 saturated carbocycles. The smallest absolute Gasteiger partial charge is 0.161 e. The molecule has 0 fully saturated rings. The Kier molecular flexibility index (Phi) is 8.67. The van der Waals surface area contributed by atoms with Gasteiger partial charge in [0.25, 0.3) is 0 Å². The number of ether oxygens (including phenoxy) is 3. The van der Waals surface area contributed by atoms with E-state index in [9.17, 15) is 0 Å². The van der Waals surface area contributed by atoms with Crippen LogP contribution in [-0.4, -0.2) is 63.9 Å². The zero-order valence-electron chi connectivity index (χ0n) is 20.9. The summed E-state index contributed by atoms with van der Waals surface area (Å²) in [5.74, 6) is 2.62. The van der Waals surface area contributed by atoms with Crippen LogP contribution in [0.3, 0.4) is 0 Å². The van der Waals surface area contributed by atoms with Gasteiger partial charge in [-0.2, -0.15) is 0 Å². The molecule has 1 heterocycles. The van der Waals surface area contributed by atoms with Gasteiger partial charge < -0.3 is 19.1 Å². The third-order valence-electron chi connectivity index (χ3n) is 6.74. The molecule has 182 valence electrons. The molecular formula is C29H38N2O3. The Balaban J connectivity index is 1.11. The van der Waals surface area contributed by atoms with Crippen LogP contribution in [0.5, 0.6) is 17.2 Å². The van der Waals surface area contributed by atoms with Gasteiger partial charge in [-0.15, -0.1) is 0 Å². The molecule has 1 aliphatic rings. The highest BCUT2D eigenvalue weighted by molar-refractivity contribution is 5.83. The molecule has 0 unspecified atom stereocenters. The van der Waals surface area contributed by atoms with Crippen LogP contribution in [0, 0.1) is 0 Å². The average molecular weight is 463 g/mol. The summed E-state index contributed by atoms with van der Waals surface area (Å²) < 4.78 is 16.9. The van der Waals surface area contributed by atoms with E-state index in [4.69, 9.17) is 14.2 Å². The lowest BCUT2D eigenvalue weighted by Crippen LogP contribution is -2.33. The van der Waals surface area contributed by atoms with Crippen LogP contribution in [0.1, 0.15) is 30.4 Å². The van der Waals surface area contributed by atoms with Gasteiger partial charge in [-0.25, -0.2) is 0 Å². The summed E-state index contributed by atoms with van der Waals surface area (Å²) in [5, 5.41) is 2.49. The van der Waals surface area contributed by atoms with Crippen LogP contribution < -0.4 is 14.2 Å². The fraction of sp³-hybridized carbons (Fsp3) is 0.448. The molecule has 0 aliphatic carbocycles. The third kappa shape index (κ3) is 6.43. The Hall–Kier alpha value is -2.76. The molecule has 0 bridgehead atoms. The van der Waals surface area contributed by atoms with Gasteiger partial charge in [0, 0.05) is 13.1 Å². The molecule has 0 N–H and O–H groups in total. The largest absolute Gasteiger partial charge is 0.494 e. The first-order valence-corrected chi connectivity index (χ1v) is 12.4. The van der Waals surface area contributed by atoms with E-state index in [2.05, 4.69) is 71.4 Å². The van der Waals surface area contributed by atoms with Crippen molar-refractivity contribution < 1.29 is 14.2 Å². The van der Waals surface area contributed by atoms with Crippen molar-refractivity contribution in [3.63, 3.8) is 0 Å². The SMILES string of the molecule is COc1cc2c(cc1OC)CN(CCCN(C)CCCCOc1ccc3ccccc3c1)CC2. The van der Waals surface area contributed by atoms with Crippen LogP contribution in [-0.2, 0) is 13.0 Å². The topological polar surface area (TPSA) is 34.2 Å². The van der Waals surface area contributed by atoms with Gasteiger partial charge in [0.2, 0.25) is 0 Å². The minimum Gasteiger partial charge on any atom is -0.494 e. The van der Waals surface area contributed by atoms with Crippen LogP contribution in [0.25, 0.3) is 10.8 Å². The lowest BCUT2D eigenvalue weighted by atomic mass is 9.98. The average Bonchev–Trinajstić information content (AvgIpc) is 2.87. The highest BCUT2D eigenvalue weighted by atomic mass is 16.5. The Labute approximate surface area is 204 Å². The van der Waals surface area contributed by atoms with E-state index in [1.54, 1.807) is 14.2 Å². The number of benzene rings is 3. The molecule has 5 nitrogen and oxygen atoms in total. The maximum Gasteiger partial charge on any atom is 0.161 e. The molecule has 34 heavy (non-hydrogen) atoms. The summed E-state index contributed by atoms with van der Waals surface area (Å²) in [5.41, 5.74) is 2.75. The molecule has 3 aromatic rings. The van der Waals surface area contributed by atoms with E-state index >= 15 is 0 Å². The number of rotatable bonds is 12. The molecule has 0 amide bonds. The Morgan fingerprint density at radius 2 is 1.56 bits per heavy atom. The fourth-order valence-corrected chi connectivity index (χ4v) is 4.74. The van der Waals surface area contributed by atoms with E-state index < -0.39 is 0 Å². The minimum absolute atomic E-state index is 0.771. The predicted octanol–water partition coefficient (Wildman–Crippen LogP) is 5.40. The molecule has 5 heteroatoms. The van der Waals surface area contributed by atoms with Crippen molar-refractivity contribution >= 4 is 10.8 Å². The van der Waals surface area contributed by atoms with Crippen LogP contribution >= 0.6 is 0 Å². The summed E-state index contributed by atoms with van der Waals surface area (Å²) in [6.45, 7) is 6.24. The van der Waals surface area contributed by atoms with Gasteiger partial charge in [0.15, 0.2) is 11.5 Å². The van der Waals surface area contributed by atoms with Gasteiger partial charge in [0.1, 0.15) is 5.75 Å². The second-order valence-electron chi connectivity index (χ2n) is 9.22. The van der Waals surface area contributed by atoms with E-state index in [0.29, 0.717) is 0 Å². The van der Waals surface area contributed by atoms with Crippen molar-refractivity contribution in [1.82, 2.24) is 9.80 Å². The maximum atomic E-state index is 5.97. The van der Waals surface area contributed by atoms with Crippen molar-refractivity contribution in [3.8, 4) is 17.2 Å². The Morgan fingerprint density at radius 1 is 0.824 bits per heavy atom. The molecule has 3 aromatic carbocycles. The molecule has 0 spiro atoms. The molecule has 1 aliphatic heterocycles. The number of nitrogens with zero attached hydrogens (tertiary/aromatic N) is 2. The van der Waals surface area contributed by atoms with Crippen LogP contribution in [0.4, 0.5) is 0 Å². The van der Waals surface area contributed by atoms with Gasteiger partial charge in [-0.3, -0.25) is 4.90 Å². The van der Waals surface area contributed by atoms with Gasteiger partial charge >= 0.3 is 0 Å². The number of methoxy groups -OCH3 is 2. The predicted molar refractivity (Wildman–Crippen MR) is 139 cm³/mol. The number of hydrogen-bond acceptors (Lipinski definition) is 5. The molecule has 0 aromatic heterocycles. The zero-order chi connectivity index (χ0) is 23.8. The first-order valence-electron chi connectivity index (χ1n) is 12.4. The van der Waals surface area contributed by atoms with Crippen LogP contribution in [0.2, 0.25) is 0 Å². The first-order chi connectivity index (χ1) is 16.7. The maximum absolute atomic E-state index is 5.97. The van der Waals surface area contributed by atoms with Crippen LogP contribution in [0.15, 0.2) is 54.6 Å². The summed E-state index contributed by atoms with van der Waals surface area (Å²) in [6, 6.07) is 19.0. The van der Waals surface area contributed by atoms with E-state index in [-0.39, 0.29) is 0 Å². The van der Waals surface area contributed by atoms with Crippen molar-refractivity contribution in [1.29, 1.82) is 0 Å². The minimum atomic E-state index is 0.771. The van der Waals surface area contributed by atoms with Gasteiger partial charge in [-0.1, -0.05) is 30.3 Å². The summed E-state index contributed by atoms with van der Waals surface area (Å²) in [4.78, 5) is 5.00. The monoisotopic (exact) mass is 462 g/mol. The number of hydrogen-bond donors (Lipinski definition) is 0. The van der Waals surface area contributed by atoms with E-state index in [0.717, 1.165) is 75.8 Å². The summed E-state index contributed by atoms with van der Waals surface area (Å²) in [7, 11) is 5.64. The van der Waals surface area contributed by atoms with Crippen molar-refractivity contribution in [2.24, 2.45) is 0 Å². The highest BCUT2D eigenvalue weighted by Gasteiger charge is 2.19. The van der Waals surface area contributed by atoms with Gasteiger partial charge in [0.05, 0.1) is 20.8 Å². The lowest BCUT2D eigenvalue weighted by molar-refractivity contribution is 0.225. The van der Waals surface area contributed by atoms with Crippen molar-refractivity contribution in [3.05, 3.63) is 65.7 Å². The van der Waals surface area contributed by atoms with Gasteiger partial charge in [-0.05, 0) is 98.5 Å². The third-order valence-corrected chi connectivity index (χ3v) is 6.74. The van der Waals surface area contributed by atoms with E-state index in [1.165, 1.54) is 28.3 Å². The first kappa shape index (κ1) is 24.4. The number of unbranched alkanes of at least 4 members (excludes halogenated alkanes) is 1. The summed E-state index contributed by atoms with van der Waals surface area (Å²) >= 11 is 0.